The Morgan fingerprint density at radius 3 is 2.37 bits per heavy atom. The molecule has 2 amide bonds. The molecule has 3 aromatic rings. The molecule has 1 aliphatic rings. The third kappa shape index (κ3) is 4.43. The van der Waals surface area contributed by atoms with E-state index < -0.39 is 5.82 Å². The molecule has 6 heteroatoms. The van der Waals surface area contributed by atoms with Crippen LogP contribution in [0, 0.1) is 5.82 Å². The van der Waals surface area contributed by atoms with Crippen LogP contribution in [-0.4, -0.2) is 54.4 Å². The van der Waals surface area contributed by atoms with Crippen LogP contribution in [0.15, 0.2) is 66.7 Å². The molecule has 1 fully saturated rings. The summed E-state index contributed by atoms with van der Waals surface area (Å²) in [5, 5.41) is 2.17. The summed E-state index contributed by atoms with van der Waals surface area (Å²) in [5.74, 6) is -0.338. The van der Waals surface area contributed by atoms with Crippen molar-refractivity contribution in [1.82, 2.24) is 9.80 Å². The van der Waals surface area contributed by atoms with Crippen molar-refractivity contribution in [2.75, 3.05) is 32.8 Å². The second kappa shape index (κ2) is 8.95. The van der Waals surface area contributed by atoms with Gasteiger partial charge in [0.25, 0.3) is 11.8 Å². The Kier molecular flexibility index (Phi) is 5.93. The highest BCUT2D eigenvalue weighted by Crippen LogP contribution is 2.20. The molecule has 30 heavy (non-hydrogen) atoms. The Balaban J connectivity index is 1.34. The summed E-state index contributed by atoms with van der Waals surface area (Å²) < 4.78 is 19.6. The van der Waals surface area contributed by atoms with Crippen LogP contribution in [0.5, 0.6) is 5.75 Å². The SMILES string of the molecule is O=C(COc1ccc2ccccc2c1)N1CCCN(C(=O)c2ccccc2F)CC1. The summed E-state index contributed by atoms with van der Waals surface area (Å²) in [6, 6.07) is 19.7. The number of hydrogen-bond donors (Lipinski definition) is 0. The first-order valence-corrected chi connectivity index (χ1v) is 10.0. The minimum atomic E-state index is -0.525. The van der Waals surface area contributed by atoms with E-state index in [4.69, 9.17) is 4.74 Å². The largest absolute Gasteiger partial charge is 0.484 e. The van der Waals surface area contributed by atoms with E-state index in [0.717, 1.165) is 10.8 Å². The highest BCUT2D eigenvalue weighted by atomic mass is 19.1. The van der Waals surface area contributed by atoms with E-state index in [2.05, 4.69) is 0 Å². The van der Waals surface area contributed by atoms with E-state index in [1.165, 1.54) is 12.1 Å². The lowest BCUT2D eigenvalue weighted by Gasteiger charge is -2.22. The van der Waals surface area contributed by atoms with Crippen molar-refractivity contribution >= 4 is 22.6 Å². The standard InChI is InChI=1S/C24H23FN2O3/c25-22-9-4-3-8-21(22)24(29)27-13-5-12-26(14-15-27)23(28)17-30-20-11-10-18-6-1-2-7-19(18)16-20/h1-4,6-11,16H,5,12-15,17H2. The number of ether oxygens (including phenoxy) is 1. The second-order valence-electron chi connectivity index (χ2n) is 7.30. The minimum Gasteiger partial charge on any atom is -0.484 e. The van der Waals surface area contributed by atoms with Crippen molar-refractivity contribution in [3.8, 4) is 5.75 Å². The molecule has 0 unspecified atom stereocenters. The van der Waals surface area contributed by atoms with E-state index in [1.54, 1.807) is 21.9 Å². The molecule has 0 aromatic heterocycles. The first-order chi connectivity index (χ1) is 14.6. The molecule has 5 nitrogen and oxygen atoms in total. The van der Waals surface area contributed by atoms with Gasteiger partial charge in [-0.1, -0.05) is 42.5 Å². The van der Waals surface area contributed by atoms with Gasteiger partial charge in [-0.15, -0.1) is 0 Å². The van der Waals surface area contributed by atoms with Crippen LogP contribution in [-0.2, 0) is 4.79 Å². The Bertz CT molecular complexity index is 1070. The number of fused-ring (bicyclic) bond motifs is 1. The van der Waals surface area contributed by atoms with Gasteiger partial charge in [0, 0.05) is 26.2 Å². The van der Waals surface area contributed by atoms with Crippen LogP contribution in [0.1, 0.15) is 16.8 Å². The molecule has 3 aromatic carbocycles. The average molecular weight is 406 g/mol. The molecule has 0 aliphatic carbocycles. The molecule has 0 spiro atoms. The summed E-state index contributed by atoms with van der Waals surface area (Å²) in [4.78, 5) is 28.6. The molecule has 0 saturated carbocycles. The fourth-order valence-electron chi connectivity index (χ4n) is 3.67. The van der Waals surface area contributed by atoms with E-state index in [9.17, 15) is 14.0 Å². The van der Waals surface area contributed by atoms with Gasteiger partial charge in [0.2, 0.25) is 0 Å². The number of amides is 2. The highest BCUT2D eigenvalue weighted by Gasteiger charge is 2.24. The maximum Gasteiger partial charge on any atom is 0.260 e. The first-order valence-electron chi connectivity index (χ1n) is 10.0. The number of halogens is 1. The van der Waals surface area contributed by atoms with Crippen LogP contribution in [0.2, 0.25) is 0 Å². The molecule has 0 bridgehead atoms. The van der Waals surface area contributed by atoms with Crippen LogP contribution < -0.4 is 4.74 Å². The quantitative estimate of drug-likeness (QED) is 0.663. The number of benzene rings is 3. The topological polar surface area (TPSA) is 49.9 Å². The van der Waals surface area contributed by atoms with Gasteiger partial charge in [0.15, 0.2) is 6.61 Å². The fourth-order valence-corrected chi connectivity index (χ4v) is 3.67. The zero-order chi connectivity index (χ0) is 20.9. The molecular formula is C24H23FN2O3. The Morgan fingerprint density at radius 1 is 0.833 bits per heavy atom. The van der Waals surface area contributed by atoms with Gasteiger partial charge in [-0.2, -0.15) is 0 Å². The van der Waals surface area contributed by atoms with Crippen LogP contribution in [0.25, 0.3) is 10.8 Å². The van der Waals surface area contributed by atoms with Crippen molar-refractivity contribution < 1.29 is 18.7 Å². The molecule has 4 rings (SSSR count). The second-order valence-corrected chi connectivity index (χ2v) is 7.30. The molecule has 154 valence electrons. The number of carbonyl (C=O) groups excluding carboxylic acids is 2. The van der Waals surface area contributed by atoms with Crippen molar-refractivity contribution in [3.63, 3.8) is 0 Å². The van der Waals surface area contributed by atoms with Gasteiger partial charge in [0.05, 0.1) is 5.56 Å². The first kappa shape index (κ1) is 19.9. The lowest BCUT2D eigenvalue weighted by atomic mass is 10.1. The number of rotatable bonds is 4. The lowest BCUT2D eigenvalue weighted by Crippen LogP contribution is -2.39. The van der Waals surface area contributed by atoms with E-state index in [0.29, 0.717) is 38.3 Å². The van der Waals surface area contributed by atoms with Crippen molar-refractivity contribution in [2.24, 2.45) is 0 Å². The van der Waals surface area contributed by atoms with Crippen molar-refractivity contribution in [2.45, 2.75) is 6.42 Å². The van der Waals surface area contributed by atoms with Gasteiger partial charge in [-0.3, -0.25) is 9.59 Å². The van der Waals surface area contributed by atoms with Crippen LogP contribution in [0.3, 0.4) is 0 Å². The summed E-state index contributed by atoms with van der Waals surface area (Å²) in [5.41, 5.74) is 0.0666. The van der Waals surface area contributed by atoms with Gasteiger partial charge in [-0.25, -0.2) is 4.39 Å². The lowest BCUT2D eigenvalue weighted by molar-refractivity contribution is -0.133. The van der Waals surface area contributed by atoms with Crippen molar-refractivity contribution in [1.29, 1.82) is 0 Å². The van der Waals surface area contributed by atoms with Gasteiger partial charge < -0.3 is 14.5 Å². The third-order valence-electron chi connectivity index (χ3n) is 5.32. The maximum absolute atomic E-state index is 13.9. The molecule has 1 saturated heterocycles. The van der Waals surface area contributed by atoms with Crippen LogP contribution >= 0.6 is 0 Å². The number of nitrogens with zero attached hydrogens (tertiary/aromatic N) is 2. The highest BCUT2D eigenvalue weighted by molar-refractivity contribution is 5.94. The monoisotopic (exact) mass is 406 g/mol. The third-order valence-corrected chi connectivity index (χ3v) is 5.32. The molecule has 0 radical (unpaired) electrons. The number of hydrogen-bond acceptors (Lipinski definition) is 3. The summed E-state index contributed by atoms with van der Waals surface area (Å²) in [6.07, 6.45) is 0.641. The predicted molar refractivity (Wildman–Crippen MR) is 113 cm³/mol. The van der Waals surface area contributed by atoms with Crippen molar-refractivity contribution in [3.05, 3.63) is 78.1 Å². The maximum atomic E-state index is 13.9. The normalized spacial score (nSPS) is 14.4. The zero-order valence-electron chi connectivity index (χ0n) is 16.6. The number of carbonyl (C=O) groups is 2. The van der Waals surface area contributed by atoms with Crippen LogP contribution in [0.4, 0.5) is 4.39 Å². The summed E-state index contributed by atoms with van der Waals surface area (Å²) in [6.45, 7) is 1.75. The zero-order valence-corrected chi connectivity index (χ0v) is 16.6. The van der Waals surface area contributed by atoms with E-state index in [1.807, 2.05) is 42.5 Å². The molecular weight excluding hydrogens is 383 g/mol. The Labute approximate surface area is 174 Å². The summed E-state index contributed by atoms with van der Waals surface area (Å²) >= 11 is 0. The molecule has 0 N–H and O–H groups in total. The fraction of sp³-hybridized carbons (Fsp3) is 0.250. The average Bonchev–Trinajstić information content (AvgIpc) is 3.03. The van der Waals surface area contributed by atoms with E-state index >= 15 is 0 Å². The smallest absolute Gasteiger partial charge is 0.260 e. The molecule has 0 atom stereocenters. The Morgan fingerprint density at radius 2 is 1.53 bits per heavy atom. The van der Waals surface area contributed by atoms with E-state index in [-0.39, 0.29) is 24.0 Å². The summed E-state index contributed by atoms with van der Waals surface area (Å²) in [7, 11) is 0. The Hall–Kier alpha value is -3.41. The van der Waals surface area contributed by atoms with Gasteiger partial charge >= 0.3 is 0 Å². The van der Waals surface area contributed by atoms with Gasteiger partial charge in [0.1, 0.15) is 11.6 Å². The predicted octanol–water partition coefficient (Wildman–Crippen LogP) is 3.73. The minimum absolute atomic E-state index is 0.0560. The molecule has 1 aliphatic heterocycles. The van der Waals surface area contributed by atoms with Gasteiger partial charge in [-0.05, 0) is 41.5 Å². The molecule has 1 heterocycles.